The van der Waals surface area contributed by atoms with Crippen molar-refractivity contribution in [1.29, 1.82) is 0 Å². The lowest BCUT2D eigenvalue weighted by Crippen LogP contribution is -2.28. The fraction of sp³-hybridized carbons (Fsp3) is 0.538. The highest BCUT2D eigenvalue weighted by atomic mass is 35.5. The van der Waals surface area contributed by atoms with Crippen LogP contribution in [0.1, 0.15) is 38.3 Å². The fourth-order valence-corrected chi connectivity index (χ4v) is 2.38. The molecule has 0 amide bonds. The summed E-state index contributed by atoms with van der Waals surface area (Å²) in [6.07, 6.45) is 2.36. The van der Waals surface area contributed by atoms with Crippen molar-refractivity contribution in [2.75, 3.05) is 6.54 Å². The van der Waals surface area contributed by atoms with Crippen LogP contribution in [0.5, 0.6) is 0 Å². The lowest BCUT2D eigenvalue weighted by Gasteiger charge is -2.25. The summed E-state index contributed by atoms with van der Waals surface area (Å²) in [5, 5.41) is 4.07. The van der Waals surface area contributed by atoms with Crippen molar-refractivity contribution < 1.29 is 4.39 Å². The lowest BCUT2D eigenvalue weighted by molar-refractivity contribution is 0.372. The second-order valence-corrected chi connectivity index (χ2v) is 5.22. The van der Waals surface area contributed by atoms with Crippen molar-refractivity contribution in [3.63, 3.8) is 0 Å². The van der Waals surface area contributed by atoms with Crippen LogP contribution in [0.2, 0.25) is 5.02 Å². The molecule has 1 N–H and O–H groups in total. The van der Waals surface area contributed by atoms with Gasteiger partial charge in [-0.2, -0.15) is 0 Å². The zero-order valence-corrected chi connectivity index (χ0v) is 10.4. The second kappa shape index (κ2) is 4.34. The van der Waals surface area contributed by atoms with Crippen molar-refractivity contribution in [1.82, 2.24) is 5.32 Å². The van der Waals surface area contributed by atoms with Crippen molar-refractivity contribution >= 4 is 11.6 Å². The average Bonchev–Trinajstić information content (AvgIpc) is 2.98. The third-order valence-corrected chi connectivity index (χ3v) is 3.76. The van der Waals surface area contributed by atoms with E-state index in [4.69, 9.17) is 11.6 Å². The molecular formula is C13H17ClFN. The number of rotatable bonds is 4. The van der Waals surface area contributed by atoms with Crippen molar-refractivity contribution in [3.8, 4) is 0 Å². The van der Waals surface area contributed by atoms with Gasteiger partial charge in [-0.25, -0.2) is 4.39 Å². The topological polar surface area (TPSA) is 12.0 Å². The van der Waals surface area contributed by atoms with Gasteiger partial charge in [-0.15, -0.1) is 0 Å². The smallest absolute Gasteiger partial charge is 0.123 e. The maximum Gasteiger partial charge on any atom is 0.123 e. The van der Waals surface area contributed by atoms with E-state index in [2.05, 4.69) is 19.2 Å². The molecule has 1 aliphatic rings. The summed E-state index contributed by atoms with van der Waals surface area (Å²) >= 11 is 6.15. The minimum absolute atomic E-state index is 0.167. The molecule has 0 saturated heterocycles. The minimum Gasteiger partial charge on any atom is -0.310 e. The Balaban J connectivity index is 2.34. The minimum atomic E-state index is -0.216. The first kappa shape index (κ1) is 11.9. The molecule has 1 nitrogen and oxygen atoms in total. The number of halogens is 2. The molecule has 0 aromatic heterocycles. The molecule has 1 aromatic carbocycles. The van der Waals surface area contributed by atoms with E-state index in [0.29, 0.717) is 5.02 Å². The zero-order chi connectivity index (χ0) is 11.8. The molecule has 0 aliphatic heterocycles. The van der Waals surface area contributed by atoms with E-state index in [9.17, 15) is 4.39 Å². The van der Waals surface area contributed by atoms with Gasteiger partial charge in [0.1, 0.15) is 5.82 Å². The van der Waals surface area contributed by atoms with Crippen molar-refractivity contribution in [3.05, 3.63) is 34.6 Å². The Bertz CT molecular complexity index is 388. The molecule has 1 fully saturated rings. The first-order chi connectivity index (χ1) is 7.57. The summed E-state index contributed by atoms with van der Waals surface area (Å²) in [6, 6.07) is 4.77. The molecule has 2 rings (SSSR count). The molecular weight excluding hydrogens is 225 g/mol. The zero-order valence-electron chi connectivity index (χ0n) is 9.69. The van der Waals surface area contributed by atoms with Crippen LogP contribution in [0.3, 0.4) is 0 Å². The van der Waals surface area contributed by atoms with Gasteiger partial charge in [-0.1, -0.05) is 25.4 Å². The van der Waals surface area contributed by atoms with Gasteiger partial charge in [-0.05, 0) is 48.6 Å². The Hall–Kier alpha value is -0.600. The van der Waals surface area contributed by atoms with Gasteiger partial charge in [0.2, 0.25) is 0 Å². The molecule has 1 aliphatic carbocycles. The van der Waals surface area contributed by atoms with Crippen LogP contribution in [0.15, 0.2) is 18.2 Å². The summed E-state index contributed by atoms with van der Waals surface area (Å²) in [5.41, 5.74) is 1.14. The van der Waals surface area contributed by atoms with E-state index < -0.39 is 0 Å². The molecule has 3 heteroatoms. The highest BCUT2D eigenvalue weighted by Gasteiger charge is 2.45. The van der Waals surface area contributed by atoms with E-state index in [1.807, 2.05) is 0 Å². The Morgan fingerprint density at radius 2 is 2.19 bits per heavy atom. The first-order valence-electron chi connectivity index (χ1n) is 5.75. The Morgan fingerprint density at radius 1 is 1.50 bits per heavy atom. The van der Waals surface area contributed by atoms with Gasteiger partial charge in [-0.3, -0.25) is 0 Å². The summed E-state index contributed by atoms with van der Waals surface area (Å²) in [5.74, 6) is -0.216. The van der Waals surface area contributed by atoms with Crippen LogP contribution >= 0.6 is 11.6 Å². The Labute approximate surface area is 101 Å². The quantitative estimate of drug-likeness (QED) is 0.842. The average molecular weight is 242 g/mol. The lowest BCUT2D eigenvalue weighted by atomic mass is 9.91. The fourth-order valence-electron chi connectivity index (χ4n) is 2.16. The monoisotopic (exact) mass is 241 g/mol. The standard InChI is InChI=1S/C13H17ClFN/c1-3-16-12(13(2)6-7-13)10-8-9(15)4-5-11(10)14/h4-5,8,12,16H,3,6-7H2,1-2H3. The maximum absolute atomic E-state index is 13.3. The van der Waals surface area contributed by atoms with Gasteiger partial charge >= 0.3 is 0 Å². The Kier molecular flexibility index (Phi) is 3.22. The predicted molar refractivity (Wildman–Crippen MR) is 65.2 cm³/mol. The van der Waals surface area contributed by atoms with Crippen LogP contribution in [0.25, 0.3) is 0 Å². The first-order valence-corrected chi connectivity index (χ1v) is 6.13. The van der Waals surface area contributed by atoms with Crippen molar-refractivity contribution in [2.24, 2.45) is 5.41 Å². The summed E-state index contributed by atoms with van der Waals surface area (Å²) < 4.78 is 13.3. The van der Waals surface area contributed by atoms with Crippen LogP contribution in [-0.2, 0) is 0 Å². The molecule has 1 saturated carbocycles. The van der Waals surface area contributed by atoms with E-state index in [1.54, 1.807) is 12.1 Å². The normalized spacial score (nSPS) is 19.5. The molecule has 1 atom stereocenters. The molecule has 0 spiro atoms. The van der Waals surface area contributed by atoms with E-state index in [0.717, 1.165) is 12.1 Å². The molecule has 0 bridgehead atoms. The molecule has 88 valence electrons. The third-order valence-electron chi connectivity index (χ3n) is 3.41. The summed E-state index contributed by atoms with van der Waals surface area (Å²) in [6.45, 7) is 5.15. The van der Waals surface area contributed by atoms with E-state index in [1.165, 1.54) is 18.9 Å². The highest BCUT2D eigenvalue weighted by Crippen LogP contribution is 2.55. The van der Waals surface area contributed by atoms with Crippen LogP contribution in [-0.4, -0.2) is 6.54 Å². The number of hydrogen-bond acceptors (Lipinski definition) is 1. The highest BCUT2D eigenvalue weighted by molar-refractivity contribution is 6.31. The Morgan fingerprint density at radius 3 is 2.75 bits per heavy atom. The van der Waals surface area contributed by atoms with Gasteiger partial charge in [0, 0.05) is 11.1 Å². The van der Waals surface area contributed by atoms with Crippen LogP contribution in [0, 0.1) is 11.2 Å². The predicted octanol–water partition coefficient (Wildman–Crippen LogP) is 3.93. The largest absolute Gasteiger partial charge is 0.310 e. The number of nitrogens with one attached hydrogen (secondary N) is 1. The van der Waals surface area contributed by atoms with E-state index in [-0.39, 0.29) is 17.3 Å². The molecule has 16 heavy (non-hydrogen) atoms. The SMILES string of the molecule is CCNC(c1cc(F)ccc1Cl)C1(C)CC1. The summed E-state index contributed by atoms with van der Waals surface area (Å²) in [4.78, 5) is 0. The number of hydrogen-bond donors (Lipinski definition) is 1. The molecule has 1 aromatic rings. The van der Waals surface area contributed by atoms with Crippen molar-refractivity contribution in [2.45, 2.75) is 32.7 Å². The van der Waals surface area contributed by atoms with Crippen LogP contribution in [0.4, 0.5) is 4.39 Å². The number of benzene rings is 1. The second-order valence-electron chi connectivity index (χ2n) is 4.81. The van der Waals surface area contributed by atoms with Gasteiger partial charge < -0.3 is 5.32 Å². The van der Waals surface area contributed by atoms with Gasteiger partial charge in [0.05, 0.1) is 0 Å². The molecule has 0 radical (unpaired) electrons. The molecule has 1 unspecified atom stereocenters. The van der Waals surface area contributed by atoms with Gasteiger partial charge in [0.25, 0.3) is 0 Å². The van der Waals surface area contributed by atoms with Gasteiger partial charge in [0.15, 0.2) is 0 Å². The van der Waals surface area contributed by atoms with E-state index >= 15 is 0 Å². The third kappa shape index (κ3) is 2.23. The van der Waals surface area contributed by atoms with Crippen LogP contribution < -0.4 is 5.32 Å². The maximum atomic E-state index is 13.3. The summed E-state index contributed by atoms with van der Waals surface area (Å²) in [7, 11) is 0. The molecule has 0 heterocycles.